The first-order chi connectivity index (χ1) is 13.4. The van der Waals surface area contributed by atoms with Gasteiger partial charge in [-0.3, -0.25) is 9.59 Å². The molecule has 8 heteroatoms. The molecule has 1 atom stereocenters. The summed E-state index contributed by atoms with van der Waals surface area (Å²) in [7, 11) is 0. The van der Waals surface area contributed by atoms with Crippen molar-refractivity contribution >= 4 is 29.4 Å². The molecule has 3 N–H and O–H groups in total. The van der Waals surface area contributed by atoms with E-state index in [9.17, 15) is 14.4 Å². The highest BCUT2D eigenvalue weighted by Gasteiger charge is 2.21. The summed E-state index contributed by atoms with van der Waals surface area (Å²) in [5, 5.41) is 2.83. The molecule has 2 aromatic carbocycles. The number of urea groups is 1. The second-order valence-corrected chi connectivity index (χ2v) is 6.24. The number of Topliss-reactive ketones (excluding diaryl/α,β-unsaturated/α-hetero) is 1. The molecule has 0 spiro atoms. The molecular formula is C20H21ClN2O5. The normalized spacial score (nSPS) is 11.4. The summed E-state index contributed by atoms with van der Waals surface area (Å²) >= 11 is 6.12. The molecule has 0 heterocycles. The summed E-state index contributed by atoms with van der Waals surface area (Å²) in [6.45, 7) is 1.97. The molecule has 0 saturated carbocycles. The lowest BCUT2D eigenvalue weighted by atomic mass is 10.0. The van der Waals surface area contributed by atoms with Crippen LogP contribution in [0.3, 0.4) is 0 Å². The van der Waals surface area contributed by atoms with Gasteiger partial charge in [0.25, 0.3) is 0 Å². The highest BCUT2D eigenvalue weighted by Crippen LogP contribution is 2.25. The molecule has 7 nitrogen and oxygen atoms in total. The van der Waals surface area contributed by atoms with Gasteiger partial charge in [0.15, 0.2) is 12.4 Å². The number of carbonyl (C=O) groups excluding carboxylic acids is 3. The fraction of sp³-hybridized carbons (Fsp3) is 0.250. The molecule has 0 bridgehead atoms. The van der Waals surface area contributed by atoms with Gasteiger partial charge in [-0.2, -0.15) is 0 Å². The maximum absolute atomic E-state index is 12.2. The number of nitrogens with one attached hydrogen (secondary N) is 1. The molecule has 0 unspecified atom stereocenters. The molecule has 0 radical (unpaired) electrons. The largest absolute Gasteiger partial charge is 0.494 e. The van der Waals surface area contributed by atoms with Gasteiger partial charge in [0.1, 0.15) is 5.75 Å². The Bertz CT molecular complexity index is 839. The highest BCUT2D eigenvalue weighted by molar-refractivity contribution is 6.31. The number of amides is 2. The molecule has 0 aliphatic carbocycles. The Morgan fingerprint density at radius 2 is 1.79 bits per heavy atom. The first-order valence-corrected chi connectivity index (χ1v) is 9.00. The van der Waals surface area contributed by atoms with Gasteiger partial charge in [-0.05, 0) is 42.8 Å². The van der Waals surface area contributed by atoms with Gasteiger partial charge in [-0.1, -0.05) is 29.8 Å². The van der Waals surface area contributed by atoms with E-state index in [4.69, 9.17) is 26.8 Å². The maximum atomic E-state index is 12.2. The average Bonchev–Trinajstić information content (AvgIpc) is 2.66. The molecule has 2 amide bonds. The Labute approximate surface area is 167 Å². The smallest absolute Gasteiger partial charge is 0.312 e. The minimum atomic E-state index is -0.803. The SMILES string of the molecule is CCOc1ccc(C(=O)COC(=O)C[C@H](NC(N)=O)c2ccccc2Cl)cc1. The number of nitrogens with two attached hydrogens (primary N) is 1. The lowest BCUT2D eigenvalue weighted by Gasteiger charge is -2.18. The van der Waals surface area contributed by atoms with E-state index >= 15 is 0 Å². The van der Waals surface area contributed by atoms with E-state index in [1.807, 2.05) is 6.92 Å². The molecule has 2 rings (SSSR count). The fourth-order valence-electron chi connectivity index (χ4n) is 2.53. The van der Waals surface area contributed by atoms with Crippen molar-refractivity contribution in [3.8, 4) is 5.75 Å². The highest BCUT2D eigenvalue weighted by atomic mass is 35.5. The molecule has 0 fully saturated rings. The number of hydrogen-bond acceptors (Lipinski definition) is 5. The van der Waals surface area contributed by atoms with Crippen molar-refractivity contribution in [3.63, 3.8) is 0 Å². The summed E-state index contributed by atoms with van der Waals surface area (Å²) in [4.78, 5) is 35.6. The van der Waals surface area contributed by atoms with Gasteiger partial charge in [0.05, 0.1) is 19.1 Å². The quantitative estimate of drug-likeness (QED) is 0.492. The van der Waals surface area contributed by atoms with E-state index in [2.05, 4.69) is 5.32 Å². The zero-order chi connectivity index (χ0) is 20.5. The Balaban J connectivity index is 1.96. The Morgan fingerprint density at radius 1 is 1.11 bits per heavy atom. The third-order valence-corrected chi connectivity index (χ3v) is 4.16. The van der Waals surface area contributed by atoms with E-state index in [-0.39, 0.29) is 12.2 Å². The Kier molecular flexibility index (Phi) is 7.83. The van der Waals surface area contributed by atoms with Crippen LogP contribution in [-0.4, -0.2) is 31.0 Å². The van der Waals surface area contributed by atoms with Crippen LogP contribution in [0, 0.1) is 0 Å². The van der Waals surface area contributed by atoms with Gasteiger partial charge in [0, 0.05) is 10.6 Å². The first-order valence-electron chi connectivity index (χ1n) is 8.62. The zero-order valence-electron chi connectivity index (χ0n) is 15.3. The van der Waals surface area contributed by atoms with E-state index in [0.717, 1.165) is 0 Å². The summed E-state index contributed by atoms with van der Waals surface area (Å²) in [5.74, 6) is -0.373. The minimum absolute atomic E-state index is 0.219. The summed E-state index contributed by atoms with van der Waals surface area (Å²) in [6, 6.07) is 11.7. The maximum Gasteiger partial charge on any atom is 0.312 e. The third kappa shape index (κ3) is 6.28. The van der Waals surface area contributed by atoms with Crippen LogP contribution in [-0.2, 0) is 9.53 Å². The predicted octanol–water partition coefficient (Wildman–Crippen LogP) is 3.26. The number of ketones is 1. The number of halogens is 1. The molecule has 0 aliphatic heterocycles. The van der Waals surface area contributed by atoms with Gasteiger partial charge in [-0.15, -0.1) is 0 Å². The average molecular weight is 405 g/mol. The van der Waals surface area contributed by atoms with Crippen LogP contribution in [0.25, 0.3) is 0 Å². The second-order valence-electron chi connectivity index (χ2n) is 5.83. The molecule has 28 heavy (non-hydrogen) atoms. The lowest BCUT2D eigenvalue weighted by molar-refractivity contribution is -0.143. The molecule has 0 aromatic heterocycles. The number of benzene rings is 2. The molecule has 0 aliphatic rings. The molecule has 2 aromatic rings. The standard InChI is InChI=1S/C20H21ClN2O5/c1-2-27-14-9-7-13(8-10-14)18(24)12-28-19(25)11-17(23-20(22)26)15-5-3-4-6-16(15)21/h3-10,17H,2,11-12H2,1H3,(H3,22,23,26)/t17-/m0/s1. The van der Waals surface area contributed by atoms with E-state index < -0.39 is 24.6 Å². The third-order valence-electron chi connectivity index (χ3n) is 3.82. The predicted molar refractivity (Wildman–Crippen MR) is 104 cm³/mol. The number of carbonyl (C=O) groups is 3. The van der Waals surface area contributed by atoms with Gasteiger partial charge in [0.2, 0.25) is 0 Å². The monoisotopic (exact) mass is 404 g/mol. The number of hydrogen-bond donors (Lipinski definition) is 2. The van der Waals surface area contributed by atoms with Crippen LogP contribution in [0.4, 0.5) is 4.79 Å². The van der Waals surface area contributed by atoms with Crippen molar-refractivity contribution in [1.29, 1.82) is 0 Å². The van der Waals surface area contributed by atoms with Gasteiger partial charge in [-0.25, -0.2) is 4.79 Å². The topological polar surface area (TPSA) is 108 Å². The van der Waals surface area contributed by atoms with Crippen molar-refractivity contribution in [3.05, 3.63) is 64.7 Å². The Morgan fingerprint density at radius 3 is 2.39 bits per heavy atom. The number of primary amides is 1. The summed E-state index contributed by atoms with van der Waals surface area (Å²) in [6.07, 6.45) is -0.219. The fourth-order valence-corrected chi connectivity index (χ4v) is 2.79. The van der Waals surface area contributed by atoms with Crippen molar-refractivity contribution in [1.82, 2.24) is 5.32 Å². The van der Waals surface area contributed by atoms with E-state index in [1.54, 1.807) is 48.5 Å². The molecular weight excluding hydrogens is 384 g/mol. The van der Waals surface area contributed by atoms with Crippen LogP contribution >= 0.6 is 11.6 Å². The van der Waals surface area contributed by atoms with E-state index in [1.165, 1.54) is 0 Å². The number of rotatable bonds is 9. The lowest BCUT2D eigenvalue weighted by Crippen LogP contribution is -2.35. The Hall–Kier alpha value is -3.06. The van der Waals surface area contributed by atoms with Crippen molar-refractivity contribution < 1.29 is 23.9 Å². The summed E-state index contributed by atoms with van der Waals surface area (Å²) in [5.41, 5.74) is 6.10. The van der Waals surface area contributed by atoms with Gasteiger partial charge >= 0.3 is 12.0 Å². The van der Waals surface area contributed by atoms with Crippen LogP contribution in [0.2, 0.25) is 5.02 Å². The molecule has 148 valence electrons. The van der Waals surface area contributed by atoms with Crippen LogP contribution in [0.5, 0.6) is 5.75 Å². The van der Waals surface area contributed by atoms with Crippen molar-refractivity contribution in [2.45, 2.75) is 19.4 Å². The molecule has 0 saturated heterocycles. The number of ether oxygens (including phenoxy) is 2. The van der Waals surface area contributed by atoms with E-state index in [0.29, 0.717) is 28.5 Å². The van der Waals surface area contributed by atoms with Crippen LogP contribution in [0.1, 0.15) is 35.3 Å². The van der Waals surface area contributed by atoms with Crippen LogP contribution in [0.15, 0.2) is 48.5 Å². The first kappa shape index (κ1) is 21.2. The van der Waals surface area contributed by atoms with Crippen LogP contribution < -0.4 is 15.8 Å². The van der Waals surface area contributed by atoms with Crippen molar-refractivity contribution in [2.75, 3.05) is 13.2 Å². The zero-order valence-corrected chi connectivity index (χ0v) is 16.1. The van der Waals surface area contributed by atoms with Crippen molar-refractivity contribution in [2.24, 2.45) is 5.73 Å². The number of esters is 1. The van der Waals surface area contributed by atoms with Gasteiger partial charge < -0.3 is 20.5 Å². The minimum Gasteiger partial charge on any atom is -0.494 e. The summed E-state index contributed by atoms with van der Waals surface area (Å²) < 4.78 is 10.4. The second kappa shape index (κ2) is 10.3.